The summed E-state index contributed by atoms with van der Waals surface area (Å²) in [4.78, 5) is 26.2. The largest absolute Gasteiger partial charge is 0.336 e. The normalized spacial score (nSPS) is 18.1. The van der Waals surface area contributed by atoms with Crippen LogP contribution in [0.15, 0.2) is 18.2 Å². The number of likely N-dealkylation sites (tertiary alicyclic amines) is 1. The van der Waals surface area contributed by atoms with Crippen LogP contribution in [0.3, 0.4) is 0 Å². The first-order valence-corrected chi connectivity index (χ1v) is 7.94. The zero-order valence-electron chi connectivity index (χ0n) is 13.4. The van der Waals surface area contributed by atoms with Gasteiger partial charge in [-0.3, -0.25) is 9.59 Å². The summed E-state index contributed by atoms with van der Waals surface area (Å²) < 4.78 is 0. The molecule has 1 aliphatic heterocycles. The number of nitrogens with two attached hydrogens (primary N) is 1. The maximum atomic E-state index is 12.6. The first-order valence-electron chi connectivity index (χ1n) is 7.94. The van der Waals surface area contributed by atoms with Gasteiger partial charge in [0.25, 0.3) is 5.91 Å². The minimum Gasteiger partial charge on any atom is -0.336 e. The van der Waals surface area contributed by atoms with Crippen molar-refractivity contribution in [1.29, 1.82) is 0 Å². The first-order chi connectivity index (χ1) is 10.5. The van der Waals surface area contributed by atoms with Crippen LogP contribution < -0.4 is 11.1 Å². The van der Waals surface area contributed by atoms with Crippen LogP contribution in [-0.2, 0) is 4.79 Å². The molecular formula is C17H25N3O2. The number of anilines is 1. The SMILES string of the molecule is Cc1cc(C(=O)N2CCCCC2C)ccc1NC(=O)CCN. The molecule has 3 N–H and O–H groups in total. The average molecular weight is 303 g/mol. The fourth-order valence-corrected chi connectivity index (χ4v) is 2.85. The third-order valence-corrected chi connectivity index (χ3v) is 4.18. The molecule has 1 unspecified atom stereocenters. The molecule has 0 spiro atoms. The molecule has 1 aromatic carbocycles. The van der Waals surface area contributed by atoms with Crippen molar-refractivity contribution in [3.05, 3.63) is 29.3 Å². The van der Waals surface area contributed by atoms with Crippen molar-refractivity contribution in [2.45, 2.75) is 45.6 Å². The number of hydrogen-bond donors (Lipinski definition) is 2. The molecule has 1 atom stereocenters. The Kier molecular flexibility index (Phi) is 5.55. The van der Waals surface area contributed by atoms with Gasteiger partial charge in [0.15, 0.2) is 0 Å². The van der Waals surface area contributed by atoms with E-state index in [4.69, 9.17) is 5.73 Å². The number of nitrogens with one attached hydrogen (secondary N) is 1. The summed E-state index contributed by atoms with van der Waals surface area (Å²) in [5, 5.41) is 2.82. The van der Waals surface area contributed by atoms with Crippen molar-refractivity contribution in [2.75, 3.05) is 18.4 Å². The van der Waals surface area contributed by atoms with Crippen molar-refractivity contribution in [2.24, 2.45) is 5.73 Å². The predicted octanol–water partition coefficient (Wildman–Crippen LogP) is 2.30. The molecule has 0 saturated carbocycles. The van der Waals surface area contributed by atoms with Gasteiger partial charge in [0.1, 0.15) is 0 Å². The van der Waals surface area contributed by atoms with Crippen LogP contribution in [0.5, 0.6) is 0 Å². The molecule has 1 aliphatic rings. The van der Waals surface area contributed by atoms with Crippen molar-refractivity contribution < 1.29 is 9.59 Å². The highest BCUT2D eigenvalue weighted by atomic mass is 16.2. The van der Waals surface area contributed by atoms with Gasteiger partial charge in [-0.2, -0.15) is 0 Å². The average Bonchev–Trinajstić information content (AvgIpc) is 2.49. The number of piperidine rings is 1. The highest BCUT2D eigenvalue weighted by Crippen LogP contribution is 2.22. The van der Waals surface area contributed by atoms with Gasteiger partial charge in [0.2, 0.25) is 5.91 Å². The number of benzene rings is 1. The summed E-state index contributed by atoms with van der Waals surface area (Å²) >= 11 is 0. The van der Waals surface area contributed by atoms with Gasteiger partial charge in [-0.1, -0.05) is 0 Å². The molecular weight excluding hydrogens is 278 g/mol. The topological polar surface area (TPSA) is 75.4 Å². The van der Waals surface area contributed by atoms with Gasteiger partial charge in [-0.15, -0.1) is 0 Å². The van der Waals surface area contributed by atoms with Crippen LogP contribution in [0.25, 0.3) is 0 Å². The zero-order chi connectivity index (χ0) is 16.1. The van der Waals surface area contributed by atoms with Crippen LogP contribution in [-0.4, -0.2) is 35.8 Å². The molecule has 2 rings (SSSR count). The highest BCUT2D eigenvalue weighted by molar-refractivity contribution is 5.96. The number of carbonyl (C=O) groups excluding carboxylic acids is 2. The third-order valence-electron chi connectivity index (χ3n) is 4.18. The summed E-state index contributed by atoms with van der Waals surface area (Å²) in [6, 6.07) is 5.73. The van der Waals surface area contributed by atoms with Crippen LogP contribution in [0, 0.1) is 6.92 Å². The lowest BCUT2D eigenvalue weighted by molar-refractivity contribution is -0.116. The molecule has 1 saturated heterocycles. The number of aryl methyl sites for hydroxylation is 1. The first kappa shape index (κ1) is 16.5. The molecule has 1 heterocycles. The Labute approximate surface area is 131 Å². The summed E-state index contributed by atoms with van der Waals surface area (Å²) in [5.41, 5.74) is 7.68. The van der Waals surface area contributed by atoms with E-state index in [0.717, 1.165) is 30.6 Å². The zero-order valence-corrected chi connectivity index (χ0v) is 13.4. The smallest absolute Gasteiger partial charge is 0.254 e. The van der Waals surface area contributed by atoms with Gasteiger partial charge >= 0.3 is 0 Å². The van der Waals surface area contributed by atoms with E-state index < -0.39 is 0 Å². The van der Waals surface area contributed by atoms with E-state index in [-0.39, 0.29) is 11.8 Å². The van der Waals surface area contributed by atoms with Gasteiger partial charge in [-0.25, -0.2) is 0 Å². The lowest BCUT2D eigenvalue weighted by atomic mass is 10.0. The molecule has 22 heavy (non-hydrogen) atoms. The van der Waals surface area contributed by atoms with Crippen LogP contribution in [0.2, 0.25) is 0 Å². The standard InChI is InChI=1S/C17H25N3O2/c1-12-11-14(6-7-15(12)19-16(21)8-9-18)17(22)20-10-4-3-5-13(20)2/h6-7,11,13H,3-5,8-10,18H2,1-2H3,(H,19,21). The molecule has 0 bridgehead atoms. The maximum absolute atomic E-state index is 12.6. The van der Waals surface area contributed by atoms with Crippen molar-refractivity contribution in [3.63, 3.8) is 0 Å². The number of carbonyl (C=O) groups is 2. The summed E-state index contributed by atoms with van der Waals surface area (Å²) in [6.07, 6.45) is 3.63. The third kappa shape index (κ3) is 3.85. The Balaban J connectivity index is 2.11. The predicted molar refractivity (Wildman–Crippen MR) is 87.8 cm³/mol. The number of amides is 2. The van der Waals surface area contributed by atoms with Crippen molar-refractivity contribution in [1.82, 2.24) is 4.90 Å². The molecule has 120 valence electrons. The summed E-state index contributed by atoms with van der Waals surface area (Å²) in [5.74, 6) is -0.0236. The van der Waals surface area contributed by atoms with Crippen molar-refractivity contribution >= 4 is 17.5 Å². The van der Waals surface area contributed by atoms with E-state index >= 15 is 0 Å². The van der Waals surface area contributed by atoms with Crippen LogP contribution in [0.4, 0.5) is 5.69 Å². The monoisotopic (exact) mass is 303 g/mol. The molecule has 0 radical (unpaired) electrons. The second kappa shape index (κ2) is 7.40. The second-order valence-electron chi connectivity index (χ2n) is 5.96. The van der Waals surface area contributed by atoms with Gasteiger partial charge in [0.05, 0.1) is 0 Å². The lowest BCUT2D eigenvalue weighted by Crippen LogP contribution is -2.42. The quantitative estimate of drug-likeness (QED) is 0.896. The minimum absolute atomic E-state index is 0.0788. The molecule has 1 fully saturated rings. The lowest BCUT2D eigenvalue weighted by Gasteiger charge is -2.33. The summed E-state index contributed by atoms with van der Waals surface area (Å²) in [7, 11) is 0. The highest BCUT2D eigenvalue weighted by Gasteiger charge is 2.24. The summed E-state index contributed by atoms with van der Waals surface area (Å²) in [6.45, 7) is 5.15. The molecule has 5 nitrogen and oxygen atoms in total. The van der Waals surface area contributed by atoms with E-state index in [1.807, 2.05) is 17.9 Å². The van der Waals surface area contributed by atoms with E-state index in [1.165, 1.54) is 6.42 Å². The van der Waals surface area contributed by atoms with E-state index in [2.05, 4.69) is 12.2 Å². The van der Waals surface area contributed by atoms with Gasteiger partial charge in [-0.05, 0) is 56.9 Å². The van der Waals surface area contributed by atoms with Gasteiger partial charge in [0, 0.05) is 36.8 Å². The number of rotatable bonds is 4. The Morgan fingerprint density at radius 2 is 2.14 bits per heavy atom. The van der Waals surface area contributed by atoms with Crippen molar-refractivity contribution in [3.8, 4) is 0 Å². The second-order valence-corrected chi connectivity index (χ2v) is 5.96. The van der Waals surface area contributed by atoms with Crippen LogP contribution in [0.1, 0.15) is 48.5 Å². The van der Waals surface area contributed by atoms with Crippen LogP contribution >= 0.6 is 0 Å². The maximum Gasteiger partial charge on any atom is 0.254 e. The Morgan fingerprint density at radius 1 is 1.36 bits per heavy atom. The molecule has 0 aromatic heterocycles. The Hall–Kier alpha value is -1.88. The van der Waals surface area contributed by atoms with Gasteiger partial charge < -0.3 is 16.0 Å². The molecule has 1 aromatic rings. The van der Waals surface area contributed by atoms with E-state index in [9.17, 15) is 9.59 Å². The number of nitrogens with zero attached hydrogens (tertiary/aromatic N) is 1. The fourth-order valence-electron chi connectivity index (χ4n) is 2.85. The molecule has 2 amide bonds. The van der Waals surface area contributed by atoms with E-state index in [1.54, 1.807) is 12.1 Å². The minimum atomic E-state index is -0.102. The molecule has 0 aliphatic carbocycles. The number of hydrogen-bond acceptors (Lipinski definition) is 3. The van der Waals surface area contributed by atoms with E-state index in [0.29, 0.717) is 24.6 Å². The molecule has 5 heteroatoms. The Morgan fingerprint density at radius 3 is 2.77 bits per heavy atom. The Bertz CT molecular complexity index is 557. The fraction of sp³-hybridized carbons (Fsp3) is 0.529.